The first kappa shape index (κ1) is 8.41. The van der Waals surface area contributed by atoms with Gasteiger partial charge in [0.1, 0.15) is 5.69 Å². The molecule has 1 aromatic carbocycles. The van der Waals surface area contributed by atoms with Crippen molar-refractivity contribution in [2.24, 2.45) is 5.18 Å². The van der Waals surface area contributed by atoms with Crippen LogP contribution in [0.5, 0.6) is 0 Å². The Morgan fingerprint density at radius 1 is 1.58 bits per heavy atom. The van der Waals surface area contributed by atoms with Crippen molar-refractivity contribution in [3.63, 3.8) is 0 Å². The molecular formula is C9H8N2O. The summed E-state index contributed by atoms with van der Waals surface area (Å²) in [4.78, 5) is 10.1. The number of benzene rings is 1. The molecule has 0 aliphatic carbocycles. The fourth-order valence-electron chi connectivity index (χ4n) is 1.02. The molecule has 1 aromatic rings. The zero-order valence-corrected chi connectivity index (χ0v) is 6.74. The van der Waals surface area contributed by atoms with Crippen molar-refractivity contribution >= 4 is 5.69 Å². The second kappa shape index (κ2) is 3.63. The van der Waals surface area contributed by atoms with Crippen LogP contribution in [0.25, 0.3) is 0 Å². The van der Waals surface area contributed by atoms with E-state index in [1.54, 1.807) is 18.2 Å². The topological polar surface area (TPSA) is 53.2 Å². The van der Waals surface area contributed by atoms with Crippen molar-refractivity contribution in [3.05, 3.63) is 34.2 Å². The third-order valence-electron chi connectivity index (χ3n) is 1.70. The molecular weight excluding hydrogens is 152 g/mol. The van der Waals surface area contributed by atoms with E-state index in [1.165, 1.54) is 0 Å². The molecule has 0 fully saturated rings. The van der Waals surface area contributed by atoms with Crippen molar-refractivity contribution in [2.75, 3.05) is 0 Å². The average molecular weight is 160 g/mol. The predicted molar refractivity (Wildman–Crippen MR) is 46.0 cm³/mol. The summed E-state index contributed by atoms with van der Waals surface area (Å²) in [7, 11) is 0. The predicted octanol–water partition coefficient (Wildman–Crippen LogP) is 2.46. The van der Waals surface area contributed by atoms with Crippen molar-refractivity contribution in [2.45, 2.75) is 13.3 Å². The highest BCUT2D eigenvalue weighted by molar-refractivity contribution is 5.44. The fourth-order valence-corrected chi connectivity index (χ4v) is 1.02. The number of rotatable bonds is 2. The minimum atomic E-state index is 0.380. The van der Waals surface area contributed by atoms with Crippen LogP contribution in [-0.2, 0) is 6.42 Å². The van der Waals surface area contributed by atoms with Crippen LogP contribution in [0.3, 0.4) is 0 Å². The normalized spacial score (nSPS) is 9.00. The maximum Gasteiger partial charge on any atom is 0.108 e. The fraction of sp³-hybridized carbons (Fsp3) is 0.222. The number of nitroso groups, excluding NO2 is 1. The summed E-state index contributed by atoms with van der Waals surface area (Å²) >= 11 is 0. The first-order chi connectivity index (χ1) is 5.77. The smallest absolute Gasteiger partial charge is 0.108 e. The van der Waals surface area contributed by atoms with Gasteiger partial charge in [0.05, 0.1) is 12.5 Å². The van der Waals surface area contributed by atoms with Crippen molar-refractivity contribution in [1.82, 2.24) is 0 Å². The highest BCUT2D eigenvalue weighted by Crippen LogP contribution is 2.17. The molecule has 1 rings (SSSR count). The van der Waals surface area contributed by atoms with Crippen LogP contribution in [0.4, 0.5) is 5.69 Å². The summed E-state index contributed by atoms with van der Waals surface area (Å²) in [5.41, 5.74) is 2.30. The van der Waals surface area contributed by atoms with E-state index in [1.807, 2.05) is 6.92 Å². The maximum atomic E-state index is 10.1. The lowest BCUT2D eigenvalue weighted by Gasteiger charge is -1.99. The van der Waals surface area contributed by atoms with Crippen molar-refractivity contribution in [1.29, 1.82) is 5.26 Å². The second-order valence-corrected chi connectivity index (χ2v) is 2.54. The van der Waals surface area contributed by atoms with Crippen LogP contribution in [0.2, 0.25) is 0 Å². The molecule has 0 bridgehead atoms. The van der Waals surface area contributed by atoms with E-state index in [4.69, 9.17) is 5.26 Å². The molecule has 0 amide bonds. The number of aryl methyl sites for hydroxylation is 1. The third-order valence-corrected chi connectivity index (χ3v) is 1.70. The molecule has 60 valence electrons. The molecule has 0 atom stereocenters. The van der Waals surface area contributed by atoms with Gasteiger partial charge < -0.3 is 0 Å². The second-order valence-electron chi connectivity index (χ2n) is 2.54. The van der Waals surface area contributed by atoms with Crippen molar-refractivity contribution in [3.8, 4) is 6.07 Å². The van der Waals surface area contributed by atoms with Crippen LogP contribution in [-0.4, -0.2) is 0 Å². The van der Waals surface area contributed by atoms with Gasteiger partial charge in [0.15, 0.2) is 0 Å². The Labute approximate surface area is 70.6 Å². The molecule has 0 spiro atoms. The Balaban J connectivity index is 3.04. The van der Waals surface area contributed by atoms with Gasteiger partial charge in [-0.2, -0.15) is 5.26 Å². The van der Waals surface area contributed by atoms with E-state index >= 15 is 0 Å². The quantitative estimate of drug-likeness (QED) is 0.624. The minimum Gasteiger partial charge on any atom is -0.198 e. The molecule has 0 aromatic heterocycles. The lowest BCUT2D eigenvalue weighted by atomic mass is 10.1. The van der Waals surface area contributed by atoms with E-state index in [9.17, 15) is 4.91 Å². The van der Waals surface area contributed by atoms with Gasteiger partial charge in [0.2, 0.25) is 0 Å². The summed E-state index contributed by atoms with van der Waals surface area (Å²) in [6, 6.07) is 7.11. The van der Waals surface area contributed by atoms with E-state index in [0.717, 1.165) is 11.1 Å². The van der Waals surface area contributed by atoms with Crippen LogP contribution in [0, 0.1) is 23.2 Å². The van der Waals surface area contributed by atoms with E-state index < -0.39 is 0 Å². The molecule has 0 heterocycles. The molecule has 0 unspecified atom stereocenters. The van der Waals surface area contributed by atoms with Crippen LogP contribution >= 0.6 is 0 Å². The Kier molecular flexibility index (Phi) is 2.54. The molecule has 0 aliphatic rings. The Hall–Kier alpha value is -1.69. The summed E-state index contributed by atoms with van der Waals surface area (Å²) in [5.74, 6) is 0. The lowest BCUT2D eigenvalue weighted by molar-refractivity contribution is 1.21. The summed E-state index contributed by atoms with van der Waals surface area (Å²) < 4.78 is 0. The monoisotopic (exact) mass is 160 g/mol. The molecule has 0 radical (unpaired) electrons. The summed E-state index contributed by atoms with van der Waals surface area (Å²) in [6.07, 6.45) is 0.380. The van der Waals surface area contributed by atoms with Crippen LogP contribution in [0.1, 0.15) is 11.1 Å². The number of hydrogen-bond donors (Lipinski definition) is 0. The third kappa shape index (κ3) is 1.67. The Morgan fingerprint density at radius 3 is 2.83 bits per heavy atom. The molecule has 0 saturated heterocycles. The van der Waals surface area contributed by atoms with E-state index in [-0.39, 0.29) is 0 Å². The molecule has 3 nitrogen and oxygen atoms in total. The SMILES string of the molecule is Cc1cc(N=O)ccc1CC#N. The minimum absolute atomic E-state index is 0.380. The molecule has 0 aliphatic heterocycles. The highest BCUT2D eigenvalue weighted by Gasteiger charge is 1.98. The van der Waals surface area contributed by atoms with Crippen LogP contribution < -0.4 is 0 Å². The molecule has 12 heavy (non-hydrogen) atoms. The summed E-state index contributed by atoms with van der Waals surface area (Å²) in [6.45, 7) is 1.86. The Morgan fingerprint density at radius 2 is 2.33 bits per heavy atom. The first-order valence-electron chi connectivity index (χ1n) is 3.57. The Bertz CT molecular complexity index is 339. The van der Waals surface area contributed by atoms with Gasteiger partial charge in [-0.05, 0) is 35.4 Å². The van der Waals surface area contributed by atoms with Gasteiger partial charge in [-0.25, -0.2) is 0 Å². The summed E-state index contributed by atoms with van der Waals surface area (Å²) in [5, 5.41) is 11.2. The van der Waals surface area contributed by atoms with Crippen LogP contribution in [0.15, 0.2) is 23.4 Å². The zero-order valence-electron chi connectivity index (χ0n) is 6.74. The average Bonchev–Trinajstić information content (AvgIpc) is 2.09. The van der Waals surface area contributed by atoms with Gasteiger partial charge in [0.25, 0.3) is 0 Å². The van der Waals surface area contributed by atoms with Gasteiger partial charge in [0, 0.05) is 0 Å². The zero-order chi connectivity index (χ0) is 8.97. The van der Waals surface area contributed by atoms with Gasteiger partial charge in [-0.1, -0.05) is 6.07 Å². The lowest BCUT2D eigenvalue weighted by Crippen LogP contribution is -1.85. The maximum absolute atomic E-state index is 10.1. The number of nitriles is 1. The molecule has 3 heteroatoms. The number of hydrogen-bond acceptors (Lipinski definition) is 3. The van der Waals surface area contributed by atoms with E-state index in [2.05, 4.69) is 11.2 Å². The van der Waals surface area contributed by atoms with Crippen molar-refractivity contribution < 1.29 is 0 Å². The van der Waals surface area contributed by atoms with E-state index in [0.29, 0.717) is 12.1 Å². The molecule has 0 N–H and O–H groups in total. The molecule has 0 saturated carbocycles. The van der Waals surface area contributed by atoms with Gasteiger partial charge in [-0.3, -0.25) is 0 Å². The largest absolute Gasteiger partial charge is 0.198 e. The standard InChI is InChI=1S/C9H8N2O/c1-7-6-9(11-12)3-2-8(7)4-5-10/h2-3,6H,4H2,1H3. The van der Waals surface area contributed by atoms with Gasteiger partial charge >= 0.3 is 0 Å². The number of nitrogens with zero attached hydrogens (tertiary/aromatic N) is 2. The first-order valence-corrected chi connectivity index (χ1v) is 3.57. The highest BCUT2D eigenvalue weighted by atomic mass is 16.3. The van der Waals surface area contributed by atoms with Gasteiger partial charge in [-0.15, -0.1) is 4.91 Å².